The molecule has 6 heteroatoms. The number of hydrogen-bond donors (Lipinski definition) is 0. The summed E-state index contributed by atoms with van der Waals surface area (Å²) in [6.07, 6.45) is 0. The third-order valence-corrected chi connectivity index (χ3v) is 6.95. The van der Waals surface area contributed by atoms with E-state index in [-0.39, 0.29) is 11.4 Å². The fourth-order valence-electron chi connectivity index (χ4n) is 5.16. The van der Waals surface area contributed by atoms with Gasteiger partial charge in [0.25, 0.3) is 5.69 Å². The van der Waals surface area contributed by atoms with Crippen molar-refractivity contribution in [3.63, 3.8) is 0 Å². The predicted octanol–water partition coefficient (Wildman–Crippen LogP) is 8.38. The maximum Gasteiger partial charge on any atom is 0.336 e. The number of nitro benzene ring substituents is 1. The van der Waals surface area contributed by atoms with E-state index >= 15 is 0 Å². The van der Waals surface area contributed by atoms with Crippen molar-refractivity contribution < 1.29 is 14.1 Å². The van der Waals surface area contributed by atoms with Crippen molar-refractivity contribution in [2.75, 3.05) is 7.11 Å². The standard InChI is InChI=1S/C34H23NO5/c1-39-30-19-17-25-20-24(22-10-4-2-5-11-22)16-18-26(25)32(30)28-21-31(36)40-34(23-12-6-3-7-13-23)33(28)27-14-8-9-15-29(27)35(37)38/h2-21H,1H3. The van der Waals surface area contributed by atoms with Gasteiger partial charge in [0.15, 0.2) is 0 Å². The van der Waals surface area contributed by atoms with Gasteiger partial charge in [0, 0.05) is 34.4 Å². The van der Waals surface area contributed by atoms with E-state index in [9.17, 15) is 14.9 Å². The van der Waals surface area contributed by atoms with Gasteiger partial charge >= 0.3 is 5.63 Å². The summed E-state index contributed by atoms with van der Waals surface area (Å²) in [5, 5.41) is 13.9. The van der Waals surface area contributed by atoms with Crippen LogP contribution in [0.1, 0.15) is 0 Å². The Kier molecular flexibility index (Phi) is 6.42. The molecule has 1 heterocycles. The number of nitro groups is 1. The van der Waals surface area contributed by atoms with Gasteiger partial charge < -0.3 is 9.15 Å². The first-order valence-corrected chi connectivity index (χ1v) is 12.7. The Bertz CT molecular complexity index is 1930. The number of benzene rings is 5. The third kappa shape index (κ3) is 4.41. The summed E-state index contributed by atoms with van der Waals surface area (Å²) in [6.45, 7) is 0. The van der Waals surface area contributed by atoms with Crippen LogP contribution in [0, 0.1) is 10.1 Å². The van der Waals surface area contributed by atoms with Gasteiger partial charge in [-0.05, 0) is 40.1 Å². The lowest BCUT2D eigenvalue weighted by molar-refractivity contribution is -0.384. The molecule has 40 heavy (non-hydrogen) atoms. The number of rotatable bonds is 6. The molecule has 6 nitrogen and oxygen atoms in total. The van der Waals surface area contributed by atoms with Crippen LogP contribution in [-0.4, -0.2) is 12.0 Å². The van der Waals surface area contributed by atoms with Gasteiger partial charge in [0.2, 0.25) is 0 Å². The third-order valence-electron chi connectivity index (χ3n) is 6.95. The van der Waals surface area contributed by atoms with Crippen LogP contribution in [0.3, 0.4) is 0 Å². The molecule has 0 spiro atoms. The first kappa shape index (κ1) is 24.8. The lowest BCUT2D eigenvalue weighted by Gasteiger charge is -2.18. The molecule has 194 valence electrons. The van der Waals surface area contributed by atoms with Crippen LogP contribution in [0.25, 0.3) is 55.5 Å². The van der Waals surface area contributed by atoms with Gasteiger partial charge in [-0.2, -0.15) is 0 Å². The normalized spacial score (nSPS) is 10.9. The van der Waals surface area contributed by atoms with Crippen molar-refractivity contribution in [2.45, 2.75) is 0 Å². The highest BCUT2D eigenvalue weighted by Crippen LogP contribution is 2.47. The molecular weight excluding hydrogens is 502 g/mol. The maximum atomic E-state index is 13.1. The summed E-state index contributed by atoms with van der Waals surface area (Å²) in [7, 11) is 1.57. The first-order valence-electron chi connectivity index (χ1n) is 12.7. The quantitative estimate of drug-likeness (QED) is 0.161. The van der Waals surface area contributed by atoms with Gasteiger partial charge in [-0.1, -0.05) is 91.0 Å². The molecule has 6 rings (SSSR count). The smallest absolute Gasteiger partial charge is 0.336 e. The summed E-state index contributed by atoms with van der Waals surface area (Å²) >= 11 is 0. The van der Waals surface area contributed by atoms with Crippen molar-refractivity contribution >= 4 is 16.5 Å². The van der Waals surface area contributed by atoms with Gasteiger partial charge in [-0.25, -0.2) is 4.79 Å². The molecule has 0 amide bonds. The minimum atomic E-state index is -0.573. The van der Waals surface area contributed by atoms with Crippen molar-refractivity contribution in [3.05, 3.63) is 142 Å². The first-order chi connectivity index (χ1) is 19.5. The van der Waals surface area contributed by atoms with E-state index in [4.69, 9.17) is 9.15 Å². The average Bonchev–Trinajstić information content (AvgIpc) is 3.00. The molecule has 0 unspecified atom stereocenters. The molecule has 0 aliphatic heterocycles. The average molecular weight is 526 g/mol. The topological polar surface area (TPSA) is 82.6 Å². The van der Waals surface area contributed by atoms with Crippen molar-refractivity contribution in [2.24, 2.45) is 0 Å². The van der Waals surface area contributed by atoms with Gasteiger partial charge in [-0.3, -0.25) is 10.1 Å². The van der Waals surface area contributed by atoms with E-state index in [0.29, 0.717) is 33.6 Å². The Labute approximate surface area is 229 Å². The minimum absolute atomic E-state index is 0.0969. The van der Waals surface area contributed by atoms with Crippen LogP contribution >= 0.6 is 0 Å². The Hall–Kier alpha value is -5.49. The molecule has 0 fully saturated rings. The maximum absolute atomic E-state index is 13.1. The van der Waals surface area contributed by atoms with E-state index in [1.54, 1.807) is 25.3 Å². The molecule has 0 aliphatic rings. The molecular formula is C34H23NO5. The van der Waals surface area contributed by atoms with E-state index in [2.05, 4.69) is 6.07 Å². The molecule has 0 saturated carbocycles. The Morgan fingerprint density at radius 3 is 2.05 bits per heavy atom. The fourth-order valence-corrected chi connectivity index (χ4v) is 5.16. The highest BCUT2D eigenvalue weighted by Gasteiger charge is 2.26. The summed E-state index contributed by atoms with van der Waals surface area (Å²) < 4.78 is 11.6. The molecule has 0 bridgehead atoms. The largest absolute Gasteiger partial charge is 0.496 e. The zero-order valence-corrected chi connectivity index (χ0v) is 21.5. The molecule has 0 radical (unpaired) electrons. The Balaban J connectivity index is 1.73. The van der Waals surface area contributed by atoms with Crippen LogP contribution in [-0.2, 0) is 0 Å². The molecule has 6 aromatic rings. The van der Waals surface area contributed by atoms with E-state index in [0.717, 1.165) is 21.9 Å². The second-order valence-corrected chi connectivity index (χ2v) is 9.27. The van der Waals surface area contributed by atoms with Crippen molar-refractivity contribution in [3.8, 4) is 50.5 Å². The lowest BCUT2D eigenvalue weighted by Crippen LogP contribution is -2.04. The van der Waals surface area contributed by atoms with Crippen LogP contribution in [0.2, 0.25) is 0 Å². The number of ether oxygens (including phenoxy) is 1. The van der Waals surface area contributed by atoms with Crippen molar-refractivity contribution in [1.82, 2.24) is 0 Å². The van der Waals surface area contributed by atoms with E-state index < -0.39 is 10.5 Å². The molecule has 0 N–H and O–H groups in total. The minimum Gasteiger partial charge on any atom is -0.496 e. The number of para-hydroxylation sites is 1. The number of fused-ring (bicyclic) bond motifs is 1. The van der Waals surface area contributed by atoms with Gasteiger partial charge in [0.05, 0.1) is 17.6 Å². The number of hydrogen-bond acceptors (Lipinski definition) is 5. The van der Waals surface area contributed by atoms with Crippen LogP contribution < -0.4 is 10.4 Å². The van der Waals surface area contributed by atoms with Crippen LogP contribution in [0.4, 0.5) is 5.69 Å². The number of methoxy groups -OCH3 is 1. The summed E-state index contributed by atoms with van der Waals surface area (Å²) in [6, 6.07) is 37.0. The number of nitrogens with zero attached hydrogens (tertiary/aromatic N) is 1. The monoisotopic (exact) mass is 525 g/mol. The predicted molar refractivity (Wildman–Crippen MR) is 157 cm³/mol. The Morgan fingerprint density at radius 1 is 0.675 bits per heavy atom. The van der Waals surface area contributed by atoms with Crippen LogP contribution in [0.5, 0.6) is 5.75 Å². The fraction of sp³-hybridized carbons (Fsp3) is 0.0294. The van der Waals surface area contributed by atoms with E-state index in [1.807, 2.05) is 84.9 Å². The summed E-state index contributed by atoms with van der Waals surface area (Å²) in [5.41, 5.74) is 3.99. The van der Waals surface area contributed by atoms with Crippen LogP contribution in [0.15, 0.2) is 131 Å². The second-order valence-electron chi connectivity index (χ2n) is 9.27. The highest BCUT2D eigenvalue weighted by atomic mass is 16.6. The van der Waals surface area contributed by atoms with Gasteiger partial charge in [0.1, 0.15) is 11.5 Å². The zero-order valence-electron chi connectivity index (χ0n) is 21.5. The Morgan fingerprint density at radius 2 is 1.35 bits per heavy atom. The lowest BCUT2D eigenvalue weighted by atomic mass is 9.88. The highest BCUT2D eigenvalue weighted by molar-refractivity contribution is 6.06. The molecule has 0 atom stereocenters. The van der Waals surface area contributed by atoms with Crippen molar-refractivity contribution in [1.29, 1.82) is 0 Å². The summed E-state index contributed by atoms with van der Waals surface area (Å²) in [5.74, 6) is 0.779. The molecule has 5 aromatic carbocycles. The van der Waals surface area contributed by atoms with Gasteiger partial charge in [-0.15, -0.1) is 0 Å². The zero-order chi connectivity index (χ0) is 27.6. The summed E-state index contributed by atoms with van der Waals surface area (Å²) in [4.78, 5) is 24.8. The SMILES string of the molecule is COc1ccc2cc(-c3ccccc3)ccc2c1-c1cc(=O)oc(-c2ccccc2)c1-c1ccccc1[N+](=O)[O-]. The molecule has 0 aliphatic carbocycles. The second kappa shape index (κ2) is 10.3. The van der Waals surface area contributed by atoms with E-state index in [1.165, 1.54) is 12.1 Å². The molecule has 0 saturated heterocycles. The molecule has 1 aromatic heterocycles.